The molecule has 6 nitrogen and oxygen atoms in total. The maximum absolute atomic E-state index is 11.9. The van der Waals surface area contributed by atoms with Crippen molar-refractivity contribution in [2.24, 2.45) is 7.05 Å². The standard InChI is InChI=1S/C15H18N4O2/c1-10-4-6-12(7-5-10)17-14(20)9-16-15(21)13-8-11(2)18-19(13)3/h4-8H,9H2,1-3H3,(H,16,21)(H,17,20). The van der Waals surface area contributed by atoms with Gasteiger partial charge in [0.15, 0.2) is 0 Å². The number of amides is 2. The molecule has 0 unspecified atom stereocenters. The van der Waals surface area contributed by atoms with Crippen LogP contribution in [-0.4, -0.2) is 28.1 Å². The lowest BCUT2D eigenvalue weighted by molar-refractivity contribution is -0.115. The average molecular weight is 286 g/mol. The second kappa shape index (κ2) is 6.21. The third-order valence-electron chi connectivity index (χ3n) is 2.98. The number of hydrogen-bond acceptors (Lipinski definition) is 3. The second-order valence-electron chi connectivity index (χ2n) is 4.89. The predicted molar refractivity (Wildman–Crippen MR) is 80.1 cm³/mol. The van der Waals surface area contributed by atoms with Crippen molar-refractivity contribution in [2.75, 3.05) is 11.9 Å². The number of benzene rings is 1. The Balaban J connectivity index is 1.88. The van der Waals surface area contributed by atoms with E-state index in [4.69, 9.17) is 0 Å². The average Bonchev–Trinajstić information content (AvgIpc) is 2.78. The van der Waals surface area contributed by atoms with Gasteiger partial charge in [-0.05, 0) is 32.0 Å². The van der Waals surface area contributed by atoms with Crippen LogP contribution in [-0.2, 0) is 11.8 Å². The van der Waals surface area contributed by atoms with Crippen LogP contribution < -0.4 is 10.6 Å². The Morgan fingerprint density at radius 3 is 2.43 bits per heavy atom. The zero-order valence-electron chi connectivity index (χ0n) is 12.3. The van der Waals surface area contributed by atoms with Gasteiger partial charge in [-0.2, -0.15) is 5.10 Å². The predicted octanol–water partition coefficient (Wildman–Crippen LogP) is 1.41. The van der Waals surface area contributed by atoms with Crippen LogP contribution in [0.4, 0.5) is 5.69 Å². The van der Waals surface area contributed by atoms with Gasteiger partial charge in [-0.15, -0.1) is 0 Å². The maximum Gasteiger partial charge on any atom is 0.269 e. The molecule has 6 heteroatoms. The maximum atomic E-state index is 11.9. The molecule has 2 rings (SSSR count). The van der Waals surface area contributed by atoms with E-state index in [9.17, 15) is 9.59 Å². The largest absolute Gasteiger partial charge is 0.342 e. The topological polar surface area (TPSA) is 76.0 Å². The van der Waals surface area contributed by atoms with Gasteiger partial charge < -0.3 is 10.6 Å². The molecule has 0 bridgehead atoms. The van der Waals surface area contributed by atoms with E-state index >= 15 is 0 Å². The molecule has 2 N–H and O–H groups in total. The molecule has 1 aromatic carbocycles. The van der Waals surface area contributed by atoms with Gasteiger partial charge >= 0.3 is 0 Å². The van der Waals surface area contributed by atoms with Gasteiger partial charge in [-0.1, -0.05) is 17.7 Å². The van der Waals surface area contributed by atoms with Crippen LogP contribution in [0.15, 0.2) is 30.3 Å². The summed E-state index contributed by atoms with van der Waals surface area (Å²) in [5.41, 5.74) is 3.01. The molecule has 21 heavy (non-hydrogen) atoms. The summed E-state index contributed by atoms with van der Waals surface area (Å²) in [4.78, 5) is 23.7. The lowest BCUT2D eigenvalue weighted by Gasteiger charge is -2.07. The monoisotopic (exact) mass is 286 g/mol. The van der Waals surface area contributed by atoms with Crippen molar-refractivity contribution in [1.82, 2.24) is 15.1 Å². The first-order valence-electron chi connectivity index (χ1n) is 6.61. The van der Waals surface area contributed by atoms with Crippen molar-refractivity contribution in [3.8, 4) is 0 Å². The number of anilines is 1. The van der Waals surface area contributed by atoms with E-state index in [0.717, 1.165) is 11.3 Å². The molecule has 110 valence electrons. The summed E-state index contributed by atoms with van der Waals surface area (Å²) in [6.45, 7) is 3.69. The van der Waals surface area contributed by atoms with Crippen LogP contribution in [0.25, 0.3) is 0 Å². The smallest absolute Gasteiger partial charge is 0.269 e. The number of carbonyl (C=O) groups is 2. The lowest BCUT2D eigenvalue weighted by Crippen LogP contribution is -2.33. The number of aromatic nitrogens is 2. The number of hydrogen-bond donors (Lipinski definition) is 2. The van der Waals surface area contributed by atoms with Gasteiger partial charge in [0.1, 0.15) is 5.69 Å². The Morgan fingerprint density at radius 2 is 1.86 bits per heavy atom. The summed E-state index contributed by atoms with van der Waals surface area (Å²) < 4.78 is 1.49. The van der Waals surface area contributed by atoms with Crippen molar-refractivity contribution in [1.29, 1.82) is 0 Å². The molecular formula is C15H18N4O2. The van der Waals surface area contributed by atoms with Crippen LogP contribution in [0.1, 0.15) is 21.7 Å². The minimum Gasteiger partial charge on any atom is -0.342 e. The minimum atomic E-state index is -0.322. The first-order valence-corrected chi connectivity index (χ1v) is 6.61. The summed E-state index contributed by atoms with van der Waals surface area (Å²) in [6.07, 6.45) is 0. The van der Waals surface area contributed by atoms with Crippen molar-refractivity contribution < 1.29 is 9.59 Å². The van der Waals surface area contributed by atoms with Crippen LogP contribution in [0.3, 0.4) is 0 Å². The molecule has 0 saturated heterocycles. The zero-order valence-corrected chi connectivity index (χ0v) is 12.3. The Hall–Kier alpha value is -2.63. The van der Waals surface area contributed by atoms with Crippen LogP contribution in [0, 0.1) is 13.8 Å². The van der Waals surface area contributed by atoms with Gasteiger partial charge in [0.25, 0.3) is 5.91 Å². The van der Waals surface area contributed by atoms with Gasteiger partial charge in [0, 0.05) is 12.7 Å². The fraction of sp³-hybridized carbons (Fsp3) is 0.267. The summed E-state index contributed by atoms with van der Waals surface area (Å²) in [7, 11) is 1.69. The second-order valence-corrected chi connectivity index (χ2v) is 4.89. The Kier molecular flexibility index (Phi) is 4.37. The quantitative estimate of drug-likeness (QED) is 0.892. The van der Waals surface area contributed by atoms with E-state index in [2.05, 4.69) is 15.7 Å². The van der Waals surface area contributed by atoms with E-state index in [-0.39, 0.29) is 18.4 Å². The van der Waals surface area contributed by atoms with E-state index in [1.165, 1.54) is 4.68 Å². The van der Waals surface area contributed by atoms with Crippen LogP contribution in [0.2, 0.25) is 0 Å². The molecule has 0 atom stereocenters. The van der Waals surface area contributed by atoms with Crippen LogP contribution >= 0.6 is 0 Å². The Morgan fingerprint density at radius 1 is 1.19 bits per heavy atom. The van der Waals surface area contributed by atoms with Crippen molar-refractivity contribution >= 4 is 17.5 Å². The fourth-order valence-electron chi connectivity index (χ4n) is 1.92. The number of rotatable bonds is 4. The first-order chi connectivity index (χ1) is 9.95. The van der Waals surface area contributed by atoms with E-state index in [1.807, 2.05) is 31.2 Å². The third kappa shape index (κ3) is 3.92. The SMILES string of the molecule is Cc1ccc(NC(=O)CNC(=O)c2cc(C)nn2C)cc1. The molecule has 0 radical (unpaired) electrons. The Labute approximate surface area is 123 Å². The minimum absolute atomic E-state index is 0.0864. The summed E-state index contributed by atoms with van der Waals surface area (Å²) in [5, 5.41) is 9.38. The molecule has 0 spiro atoms. The molecule has 0 aliphatic carbocycles. The molecule has 1 heterocycles. The molecule has 2 amide bonds. The highest BCUT2D eigenvalue weighted by Gasteiger charge is 2.12. The molecule has 0 aliphatic rings. The highest BCUT2D eigenvalue weighted by atomic mass is 16.2. The molecule has 0 saturated carbocycles. The van der Waals surface area contributed by atoms with Crippen molar-refractivity contribution in [3.05, 3.63) is 47.3 Å². The molecule has 2 aromatic rings. The highest BCUT2D eigenvalue weighted by Crippen LogP contribution is 2.08. The number of aryl methyl sites for hydroxylation is 3. The fourth-order valence-corrected chi connectivity index (χ4v) is 1.92. The Bertz CT molecular complexity index is 659. The van der Waals surface area contributed by atoms with E-state index in [0.29, 0.717) is 11.4 Å². The van der Waals surface area contributed by atoms with Gasteiger partial charge in [-0.25, -0.2) is 0 Å². The summed E-state index contributed by atoms with van der Waals surface area (Å²) in [5.74, 6) is -0.594. The number of nitrogens with one attached hydrogen (secondary N) is 2. The summed E-state index contributed by atoms with van der Waals surface area (Å²) >= 11 is 0. The molecule has 0 aliphatic heterocycles. The number of carbonyl (C=O) groups excluding carboxylic acids is 2. The normalized spacial score (nSPS) is 10.2. The third-order valence-corrected chi connectivity index (χ3v) is 2.98. The first kappa shape index (κ1) is 14.8. The molecular weight excluding hydrogens is 268 g/mol. The highest BCUT2D eigenvalue weighted by molar-refractivity contribution is 5.98. The van der Waals surface area contributed by atoms with Crippen molar-refractivity contribution in [3.63, 3.8) is 0 Å². The summed E-state index contributed by atoms with van der Waals surface area (Å²) in [6, 6.07) is 9.13. The lowest BCUT2D eigenvalue weighted by atomic mass is 10.2. The van der Waals surface area contributed by atoms with Gasteiger partial charge in [-0.3, -0.25) is 14.3 Å². The van der Waals surface area contributed by atoms with Crippen molar-refractivity contribution in [2.45, 2.75) is 13.8 Å². The van der Waals surface area contributed by atoms with Gasteiger partial charge in [0.2, 0.25) is 5.91 Å². The van der Waals surface area contributed by atoms with Gasteiger partial charge in [0.05, 0.1) is 12.2 Å². The van der Waals surface area contributed by atoms with E-state index < -0.39 is 0 Å². The molecule has 0 fully saturated rings. The van der Waals surface area contributed by atoms with E-state index in [1.54, 1.807) is 20.0 Å². The zero-order chi connectivity index (χ0) is 15.4. The molecule has 1 aromatic heterocycles. The van der Waals surface area contributed by atoms with Crippen LogP contribution in [0.5, 0.6) is 0 Å². The number of nitrogens with zero attached hydrogens (tertiary/aromatic N) is 2.